The molecule has 1 aromatic carbocycles. The Morgan fingerprint density at radius 3 is 2.67 bits per heavy atom. The van der Waals surface area contributed by atoms with Gasteiger partial charge in [0, 0.05) is 12.2 Å². The summed E-state index contributed by atoms with van der Waals surface area (Å²) in [5, 5.41) is 11.3. The summed E-state index contributed by atoms with van der Waals surface area (Å²) in [7, 11) is 0. The molecule has 0 unspecified atom stereocenters. The summed E-state index contributed by atoms with van der Waals surface area (Å²) in [4.78, 5) is 20.4. The number of hydrogen-bond acceptors (Lipinski definition) is 7. The van der Waals surface area contributed by atoms with Crippen LogP contribution in [0.1, 0.15) is 12.5 Å². The number of nitrogens with zero attached hydrogens (tertiary/aromatic N) is 4. The highest BCUT2D eigenvalue weighted by molar-refractivity contribution is 5.76. The average Bonchev–Trinajstić information content (AvgIpc) is 2.49. The lowest BCUT2D eigenvalue weighted by molar-refractivity contribution is -0.383. The predicted molar refractivity (Wildman–Crippen MR) is 80.4 cm³/mol. The molecule has 0 radical (unpaired) electrons. The van der Waals surface area contributed by atoms with Crippen molar-refractivity contribution >= 4 is 23.0 Å². The average molecular weight is 288 g/mol. The summed E-state index contributed by atoms with van der Waals surface area (Å²) >= 11 is 0. The van der Waals surface area contributed by atoms with Crippen molar-refractivity contribution in [3.8, 4) is 0 Å². The van der Waals surface area contributed by atoms with E-state index in [4.69, 9.17) is 5.84 Å². The van der Waals surface area contributed by atoms with Crippen molar-refractivity contribution in [1.82, 2.24) is 9.97 Å². The number of aryl methyl sites for hydroxylation is 1. The van der Waals surface area contributed by atoms with Crippen LogP contribution in [0.4, 0.5) is 23.0 Å². The third kappa shape index (κ3) is 2.75. The number of nitrogen functional groups attached to an aromatic ring is 1. The van der Waals surface area contributed by atoms with Gasteiger partial charge in [-0.15, -0.1) is 0 Å². The van der Waals surface area contributed by atoms with Gasteiger partial charge in [0.1, 0.15) is 6.33 Å². The van der Waals surface area contributed by atoms with Crippen LogP contribution in [0, 0.1) is 17.0 Å². The molecule has 8 heteroatoms. The summed E-state index contributed by atoms with van der Waals surface area (Å²) in [6, 6.07) is 7.61. The zero-order valence-electron chi connectivity index (χ0n) is 11.8. The molecular formula is C13H16N6O2. The Labute approximate surface area is 121 Å². The van der Waals surface area contributed by atoms with Crippen molar-refractivity contribution in [2.45, 2.75) is 13.8 Å². The largest absolute Gasteiger partial charge is 0.355 e. The number of anilines is 3. The van der Waals surface area contributed by atoms with Crippen LogP contribution in [0.25, 0.3) is 0 Å². The van der Waals surface area contributed by atoms with E-state index in [0.29, 0.717) is 6.54 Å². The molecule has 0 aliphatic carbocycles. The topological polar surface area (TPSA) is 110 Å². The number of nitrogens with one attached hydrogen (secondary N) is 1. The van der Waals surface area contributed by atoms with Crippen molar-refractivity contribution < 1.29 is 4.92 Å². The van der Waals surface area contributed by atoms with Crippen LogP contribution in [0.3, 0.4) is 0 Å². The molecule has 21 heavy (non-hydrogen) atoms. The van der Waals surface area contributed by atoms with Gasteiger partial charge < -0.3 is 10.3 Å². The number of nitro groups is 1. The van der Waals surface area contributed by atoms with Crippen LogP contribution in [0.5, 0.6) is 0 Å². The molecule has 8 nitrogen and oxygen atoms in total. The van der Waals surface area contributed by atoms with Gasteiger partial charge in [0.15, 0.2) is 0 Å². The lowest BCUT2D eigenvalue weighted by Gasteiger charge is -2.23. The standard InChI is InChI=1S/C13H16N6O2/c1-3-18(10-7-5-4-6-9(10)2)13-11(19(20)21)12(17-14)15-8-16-13/h4-8H,3,14H2,1-2H3,(H,15,16,17). The van der Waals surface area contributed by atoms with Crippen LogP contribution in [-0.2, 0) is 0 Å². The van der Waals surface area contributed by atoms with E-state index in [9.17, 15) is 10.1 Å². The first-order valence-corrected chi connectivity index (χ1v) is 6.39. The van der Waals surface area contributed by atoms with Crippen LogP contribution in [-0.4, -0.2) is 21.4 Å². The Balaban J connectivity index is 2.63. The van der Waals surface area contributed by atoms with Gasteiger partial charge in [-0.25, -0.2) is 15.8 Å². The lowest BCUT2D eigenvalue weighted by atomic mass is 10.1. The van der Waals surface area contributed by atoms with Gasteiger partial charge in [-0.1, -0.05) is 18.2 Å². The summed E-state index contributed by atoms with van der Waals surface area (Å²) in [6.45, 7) is 4.35. The zero-order chi connectivity index (χ0) is 15.4. The van der Waals surface area contributed by atoms with Crippen molar-refractivity contribution in [1.29, 1.82) is 0 Å². The lowest BCUT2D eigenvalue weighted by Crippen LogP contribution is -2.21. The first-order chi connectivity index (χ1) is 10.1. The maximum atomic E-state index is 11.3. The van der Waals surface area contributed by atoms with E-state index in [1.54, 1.807) is 4.90 Å². The van der Waals surface area contributed by atoms with Crippen LogP contribution < -0.4 is 16.2 Å². The van der Waals surface area contributed by atoms with Crippen molar-refractivity contribution in [3.05, 3.63) is 46.3 Å². The minimum absolute atomic E-state index is 0.0166. The van der Waals surface area contributed by atoms with E-state index in [0.717, 1.165) is 11.3 Å². The fourth-order valence-electron chi connectivity index (χ4n) is 2.14. The second kappa shape index (κ2) is 6.14. The fourth-order valence-corrected chi connectivity index (χ4v) is 2.14. The van der Waals surface area contributed by atoms with E-state index in [1.807, 2.05) is 38.1 Å². The van der Waals surface area contributed by atoms with Crippen LogP contribution in [0.15, 0.2) is 30.6 Å². The van der Waals surface area contributed by atoms with E-state index < -0.39 is 4.92 Å². The number of para-hydroxylation sites is 1. The van der Waals surface area contributed by atoms with Gasteiger partial charge in [0.25, 0.3) is 0 Å². The first kappa shape index (κ1) is 14.7. The summed E-state index contributed by atoms with van der Waals surface area (Å²) in [5.41, 5.74) is 3.84. The molecule has 0 saturated carbocycles. The fraction of sp³-hybridized carbons (Fsp3) is 0.231. The van der Waals surface area contributed by atoms with Crippen LogP contribution in [0.2, 0.25) is 0 Å². The monoisotopic (exact) mass is 288 g/mol. The molecular weight excluding hydrogens is 272 g/mol. The molecule has 3 N–H and O–H groups in total. The van der Waals surface area contributed by atoms with E-state index in [2.05, 4.69) is 15.4 Å². The highest BCUT2D eigenvalue weighted by Crippen LogP contribution is 2.36. The maximum Gasteiger partial charge on any atom is 0.355 e. The van der Waals surface area contributed by atoms with Crippen molar-refractivity contribution in [2.24, 2.45) is 5.84 Å². The Hall–Kier alpha value is -2.74. The molecule has 1 heterocycles. The molecule has 0 aliphatic heterocycles. The van der Waals surface area contributed by atoms with Crippen molar-refractivity contribution in [2.75, 3.05) is 16.9 Å². The second-order valence-corrected chi connectivity index (χ2v) is 4.33. The molecule has 0 aliphatic rings. The number of hydrogen-bond donors (Lipinski definition) is 2. The first-order valence-electron chi connectivity index (χ1n) is 6.39. The SMILES string of the molecule is CCN(c1ccccc1C)c1ncnc(NN)c1[N+](=O)[O-]. The minimum atomic E-state index is -0.536. The van der Waals surface area contributed by atoms with Gasteiger partial charge in [-0.3, -0.25) is 10.1 Å². The van der Waals surface area contributed by atoms with Gasteiger partial charge in [-0.2, -0.15) is 0 Å². The molecule has 2 rings (SSSR count). The summed E-state index contributed by atoms with van der Waals surface area (Å²) in [5.74, 6) is 5.50. The van der Waals surface area contributed by atoms with Crippen molar-refractivity contribution in [3.63, 3.8) is 0 Å². The minimum Gasteiger partial charge on any atom is -0.321 e. The molecule has 0 atom stereocenters. The highest BCUT2D eigenvalue weighted by atomic mass is 16.6. The molecule has 0 saturated heterocycles. The molecule has 0 spiro atoms. The smallest absolute Gasteiger partial charge is 0.321 e. The van der Waals surface area contributed by atoms with Gasteiger partial charge in [0.2, 0.25) is 11.6 Å². The molecule has 0 amide bonds. The number of hydrazine groups is 1. The van der Waals surface area contributed by atoms with Crippen LogP contribution >= 0.6 is 0 Å². The Bertz CT molecular complexity index is 661. The van der Waals surface area contributed by atoms with E-state index in [-0.39, 0.29) is 17.3 Å². The number of benzene rings is 1. The number of nitrogens with two attached hydrogens (primary N) is 1. The predicted octanol–water partition coefficient (Wildman–Crippen LogP) is 2.14. The Morgan fingerprint density at radius 1 is 1.38 bits per heavy atom. The quantitative estimate of drug-likeness (QED) is 0.492. The highest BCUT2D eigenvalue weighted by Gasteiger charge is 2.27. The summed E-state index contributed by atoms with van der Waals surface area (Å²) < 4.78 is 0. The normalized spacial score (nSPS) is 10.2. The zero-order valence-corrected chi connectivity index (χ0v) is 11.8. The Morgan fingerprint density at radius 2 is 2.10 bits per heavy atom. The molecule has 0 bridgehead atoms. The maximum absolute atomic E-state index is 11.3. The van der Waals surface area contributed by atoms with E-state index in [1.165, 1.54) is 6.33 Å². The van der Waals surface area contributed by atoms with E-state index >= 15 is 0 Å². The third-order valence-corrected chi connectivity index (χ3v) is 3.10. The molecule has 1 aromatic heterocycles. The molecule has 110 valence electrons. The molecule has 0 fully saturated rings. The van der Waals surface area contributed by atoms with Gasteiger partial charge in [-0.05, 0) is 25.5 Å². The number of rotatable bonds is 5. The number of aromatic nitrogens is 2. The van der Waals surface area contributed by atoms with Gasteiger partial charge in [0.05, 0.1) is 4.92 Å². The second-order valence-electron chi connectivity index (χ2n) is 4.33. The van der Waals surface area contributed by atoms with Gasteiger partial charge >= 0.3 is 5.69 Å². The third-order valence-electron chi connectivity index (χ3n) is 3.10. The Kier molecular flexibility index (Phi) is 4.29. The summed E-state index contributed by atoms with van der Waals surface area (Å²) in [6.07, 6.45) is 1.25. The molecule has 2 aromatic rings.